The van der Waals surface area contributed by atoms with Gasteiger partial charge in [0.25, 0.3) is 0 Å². The Morgan fingerprint density at radius 3 is 2.61 bits per heavy atom. The highest BCUT2D eigenvalue weighted by Gasteiger charge is 2.21. The number of imidazole rings is 1. The van der Waals surface area contributed by atoms with Gasteiger partial charge in [-0.15, -0.1) is 0 Å². The summed E-state index contributed by atoms with van der Waals surface area (Å²) in [5.41, 5.74) is -0.122. The number of alkyl halides is 2. The van der Waals surface area contributed by atoms with Crippen LogP contribution in [0.1, 0.15) is 39.6 Å². The van der Waals surface area contributed by atoms with Gasteiger partial charge in [0.2, 0.25) is 5.91 Å². The number of carbonyl (C=O) groups excluding carboxylic acids is 1. The molecule has 0 aliphatic carbocycles. The summed E-state index contributed by atoms with van der Waals surface area (Å²) in [5, 5.41) is 0. The summed E-state index contributed by atoms with van der Waals surface area (Å²) < 4.78 is 26.0. The van der Waals surface area contributed by atoms with E-state index in [1.54, 1.807) is 7.05 Å². The maximum absolute atomic E-state index is 12.6. The molecule has 0 aliphatic heterocycles. The van der Waals surface area contributed by atoms with Crippen molar-refractivity contribution in [1.29, 1.82) is 0 Å². The third-order valence-corrected chi connectivity index (χ3v) is 2.45. The first-order valence-electron chi connectivity index (χ1n) is 5.74. The summed E-state index contributed by atoms with van der Waals surface area (Å²) in [7, 11) is 1.60. The molecule has 0 fully saturated rings. The zero-order valence-electron chi connectivity index (χ0n) is 11.2. The number of carbonyl (C=O) groups is 1. The molecule has 0 unspecified atom stereocenters. The lowest BCUT2D eigenvalue weighted by Gasteiger charge is -2.23. The van der Waals surface area contributed by atoms with Crippen LogP contribution in [0.2, 0.25) is 0 Å². The number of nitrogens with zero attached hydrogens (tertiary/aromatic N) is 3. The number of halogens is 2. The summed E-state index contributed by atoms with van der Waals surface area (Å²) >= 11 is 0. The molecule has 0 aromatic carbocycles. The molecule has 18 heavy (non-hydrogen) atoms. The van der Waals surface area contributed by atoms with E-state index in [1.165, 1.54) is 17.3 Å². The zero-order chi connectivity index (χ0) is 13.9. The molecule has 1 amide bonds. The van der Waals surface area contributed by atoms with Crippen LogP contribution in [0.25, 0.3) is 0 Å². The third-order valence-electron chi connectivity index (χ3n) is 2.45. The van der Waals surface area contributed by atoms with Gasteiger partial charge >= 0.3 is 6.55 Å². The summed E-state index contributed by atoms with van der Waals surface area (Å²) in [4.78, 5) is 17.1. The zero-order valence-corrected chi connectivity index (χ0v) is 11.2. The number of aromatic nitrogens is 2. The van der Waals surface area contributed by atoms with Crippen molar-refractivity contribution >= 4 is 5.91 Å². The SMILES string of the molecule is CN(Cc1nccn1C(F)F)C(=O)CC(C)(C)C. The van der Waals surface area contributed by atoms with Crippen LogP contribution in [0, 0.1) is 5.41 Å². The van der Waals surface area contributed by atoms with Crippen LogP contribution < -0.4 is 0 Å². The molecule has 0 bridgehead atoms. The van der Waals surface area contributed by atoms with Gasteiger partial charge in [0, 0.05) is 25.9 Å². The second-order valence-electron chi connectivity index (χ2n) is 5.52. The Morgan fingerprint density at radius 1 is 1.50 bits per heavy atom. The van der Waals surface area contributed by atoms with E-state index >= 15 is 0 Å². The second-order valence-corrected chi connectivity index (χ2v) is 5.52. The fraction of sp³-hybridized carbons (Fsp3) is 0.667. The van der Waals surface area contributed by atoms with Crippen LogP contribution in [0.3, 0.4) is 0 Å². The van der Waals surface area contributed by atoms with Crippen LogP contribution in [-0.2, 0) is 11.3 Å². The Labute approximate surface area is 106 Å². The fourth-order valence-electron chi connectivity index (χ4n) is 1.53. The molecule has 1 heterocycles. The topological polar surface area (TPSA) is 38.1 Å². The van der Waals surface area contributed by atoms with E-state index in [0.29, 0.717) is 6.42 Å². The minimum Gasteiger partial charge on any atom is -0.338 e. The predicted octanol–water partition coefficient (Wildman–Crippen LogP) is 2.67. The Kier molecular flexibility index (Phi) is 4.43. The van der Waals surface area contributed by atoms with Crippen LogP contribution in [0.5, 0.6) is 0 Å². The molecule has 0 radical (unpaired) electrons. The van der Waals surface area contributed by atoms with Crippen molar-refractivity contribution in [2.24, 2.45) is 5.41 Å². The van der Waals surface area contributed by atoms with E-state index in [2.05, 4.69) is 4.98 Å². The van der Waals surface area contributed by atoms with Gasteiger partial charge in [-0.3, -0.25) is 9.36 Å². The first-order valence-corrected chi connectivity index (χ1v) is 5.74. The molecule has 1 rings (SSSR count). The first kappa shape index (κ1) is 14.6. The molecule has 6 heteroatoms. The van der Waals surface area contributed by atoms with Crippen LogP contribution in [0.15, 0.2) is 12.4 Å². The molecule has 0 spiro atoms. The van der Waals surface area contributed by atoms with Crippen molar-refractivity contribution in [3.63, 3.8) is 0 Å². The average Bonchev–Trinajstić information content (AvgIpc) is 2.62. The van der Waals surface area contributed by atoms with Gasteiger partial charge in [0.1, 0.15) is 5.82 Å². The Bertz CT molecular complexity index is 410. The molecule has 0 N–H and O–H groups in total. The van der Waals surface area contributed by atoms with Gasteiger partial charge in [-0.05, 0) is 5.41 Å². The van der Waals surface area contributed by atoms with Crippen molar-refractivity contribution in [1.82, 2.24) is 14.5 Å². The Balaban J connectivity index is 2.67. The maximum atomic E-state index is 12.6. The molecular formula is C12H19F2N3O. The minimum atomic E-state index is -2.63. The smallest absolute Gasteiger partial charge is 0.319 e. The molecule has 1 aromatic rings. The van der Waals surface area contributed by atoms with Crippen molar-refractivity contribution in [3.05, 3.63) is 18.2 Å². The van der Waals surface area contributed by atoms with Crippen molar-refractivity contribution < 1.29 is 13.6 Å². The predicted molar refractivity (Wildman–Crippen MR) is 64.0 cm³/mol. The number of hydrogen-bond acceptors (Lipinski definition) is 2. The monoisotopic (exact) mass is 259 g/mol. The lowest BCUT2D eigenvalue weighted by molar-refractivity contribution is -0.132. The first-order chi connectivity index (χ1) is 8.20. The quantitative estimate of drug-likeness (QED) is 0.833. The Morgan fingerprint density at radius 2 is 2.11 bits per heavy atom. The molecule has 0 atom stereocenters. The number of hydrogen-bond donors (Lipinski definition) is 0. The molecule has 4 nitrogen and oxygen atoms in total. The Hall–Kier alpha value is -1.46. The highest BCUT2D eigenvalue weighted by Crippen LogP contribution is 2.20. The van der Waals surface area contributed by atoms with Gasteiger partial charge in [-0.25, -0.2) is 4.98 Å². The summed E-state index contributed by atoms with van der Waals surface area (Å²) in [6.45, 7) is 3.33. The molecule has 0 aliphatic rings. The van der Waals surface area contributed by atoms with E-state index in [1.807, 2.05) is 20.8 Å². The van der Waals surface area contributed by atoms with E-state index in [-0.39, 0.29) is 23.7 Å². The van der Waals surface area contributed by atoms with Crippen molar-refractivity contribution in [2.45, 2.75) is 40.3 Å². The molecule has 102 valence electrons. The summed E-state index contributed by atoms with van der Waals surface area (Å²) in [6.07, 6.45) is 2.89. The summed E-state index contributed by atoms with van der Waals surface area (Å²) in [5.74, 6) is 0.112. The van der Waals surface area contributed by atoms with Gasteiger partial charge in [-0.1, -0.05) is 20.8 Å². The van der Waals surface area contributed by atoms with Crippen molar-refractivity contribution in [2.75, 3.05) is 7.05 Å². The maximum Gasteiger partial charge on any atom is 0.319 e. The van der Waals surface area contributed by atoms with Gasteiger partial charge in [0.15, 0.2) is 0 Å². The second kappa shape index (κ2) is 5.46. The molecule has 1 aromatic heterocycles. The van der Waals surface area contributed by atoms with Gasteiger partial charge in [-0.2, -0.15) is 8.78 Å². The normalized spacial score (nSPS) is 11.9. The minimum absolute atomic E-state index is 0.0775. The number of amides is 1. The highest BCUT2D eigenvalue weighted by molar-refractivity contribution is 5.76. The molecule has 0 saturated heterocycles. The van der Waals surface area contributed by atoms with Crippen molar-refractivity contribution in [3.8, 4) is 0 Å². The van der Waals surface area contributed by atoms with Gasteiger partial charge in [0.05, 0.1) is 6.54 Å². The standard InChI is InChI=1S/C12H19F2N3O/c1-12(2,3)7-10(18)16(4)8-9-15-5-6-17(9)11(13)14/h5-6,11H,7-8H2,1-4H3. The average molecular weight is 259 g/mol. The summed E-state index contributed by atoms with van der Waals surface area (Å²) in [6, 6.07) is 0. The largest absolute Gasteiger partial charge is 0.338 e. The van der Waals surface area contributed by atoms with Gasteiger partial charge < -0.3 is 4.90 Å². The van der Waals surface area contributed by atoms with Crippen LogP contribution in [-0.4, -0.2) is 27.4 Å². The van der Waals surface area contributed by atoms with Crippen LogP contribution >= 0.6 is 0 Å². The van der Waals surface area contributed by atoms with E-state index in [0.717, 1.165) is 4.57 Å². The van der Waals surface area contributed by atoms with E-state index in [4.69, 9.17) is 0 Å². The molecule has 0 saturated carbocycles. The highest BCUT2D eigenvalue weighted by atomic mass is 19.3. The molecular weight excluding hydrogens is 240 g/mol. The fourth-order valence-corrected chi connectivity index (χ4v) is 1.53. The van der Waals surface area contributed by atoms with E-state index in [9.17, 15) is 13.6 Å². The van der Waals surface area contributed by atoms with E-state index < -0.39 is 6.55 Å². The van der Waals surface area contributed by atoms with Crippen LogP contribution in [0.4, 0.5) is 8.78 Å². The third kappa shape index (κ3) is 4.09. The lowest BCUT2D eigenvalue weighted by atomic mass is 9.92. The number of rotatable bonds is 4. The lowest BCUT2D eigenvalue weighted by Crippen LogP contribution is -2.30.